The minimum absolute atomic E-state index is 0.187. The van der Waals surface area contributed by atoms with E-state index in [1.165, 1.54) is 0 Å². The molecule has 4 aromatic rings. The first-order chi connectivity index (χ1) is 16.5. The molecule has 1 aliphatic heterocycles. The molecule has 0 atom stereocenters. The summed E-state index contributed by atoms with van der Waals surface area (Å²) in [6, 6.07) is 17.5. The summed E-state index contributed by atoms with van der Waals surface area (Å²) in [5.74, 6) is 1.76. The van der Waals surface area contributed by atoms with E-state index in [4.69, 9.17) is 18.6 Å². The van der Waals surface area contributed by atoms with Crippen LogP contribution in [0.25, 0.3) is 27.7 Å². The summed E-state index contributed by atoms with van der Waals surface area (Å²) in [5, 5.41) is 3.88. The van der Waals surface area contributed by atoms with Crippen molar-refractivity contribution in [2.24, 2.45) is 0 Å². The van der Waals surface area contributed by atoms with Crippen molar-refractivity contribution < 1.29 is 23.4 Å². The third-order valence-corrected chi connectivity index (χ3v) is 5.83. The smallest absolute Gasteiger partial charge is 0.248 e. The maximum Gasteiger partial charge on any atom is 0.248 e. The van der Waals surface area contributed by atoms with E-state index in [2.05, 4.69) is 17.4 Å². The molecule has 6 nitrogen and oxygen atoms in total. The minimum Gasteiger partial charge on any atom is -0.493 e. The Labute approximate surface area is 197 Å². The lowest BCUT2D eigenvalue weighted by Gasteiger charge is -2.15. The molecule has 0 saturated carbocycles. The number of fused-ring (bicyclic) bond motifs is 2. The number of carbonyl (C=O) groups excluding carboxylic acids is 1. The van der Waals surface area contributed by atoms with Gasteiger partial charge >= 0.3 is 0 Å². The number of hydrogen-bond acceptors (Lipinski definition) is 5. The lowest BCUT2D eigenvalue weighted by atomic mass is 9.96. The number of allylic oxidation sites excluding steroid dienone is 1. The van der Waals surface area contributed by atoms with Gasteiger partial charge in [0.25, 0.3) is 0 Å². The van der Waals surface area contributed by atoms with Crippen LogP contribution < -0.4 is 19.5 Å². The van der Waals surface area contributed by atoms with Crippen LogP contribution in [0.1, 0.15) is 25.0 Å². The number of ether oxygens (including phenoxy) is 3. The summed E-state index contributed by atoms with van der Waals surface area (Å²) < 4.78 is 22.7. The van der Waals surface area contributed by atoms with E-state index < -0.39 is 0 Å². The van der Waals surface area contributed by atoms with Crippen molar-refractivity contribution in [3.63, 3.8) is 0 Å². The number of anilines is 1. The fourth-order valence-corrected chi connectivity index (χ4v) is 4.21. The number of carbonyl (C=O) groups is 1. The van der Waals surface area contributed by atoms with Gasteiger partial charge in [0.1, 0.15) is 11.3 Å². The third-order valence-electron chi connectivity index (χ3n) is 5.83. The van der Waals surface area contributed by atoms with E-state index in [-0.39, 0.29) is 12.7 Å². The van der Waals surface area contributed by atoms with Crippen LogP contribution in [-0.4, -0.2) is 19.3 Å². The summed E-state index contributed by atoms with van der Waals surface area (Å²) in [5.41, 5.74) is 6.03. The van der Waals surface area contributed by atoms with E-state index >= 15 is 0 Å². The van der Waals surface area contributed by atoms with Crippen molar-refractivity contribution in [1.29, 1.82) is 0 Å². The maximum atomic E-state index is 12.8. The molecule has 0 radical (unpaired) electrons. The molecule has 1 aliphatic rings. The summed E-state index contributed by atoms with van der Waals surface area (Å²) in [6.07, 6.45) is 3.36. The molecule has 172 valence electrons. The van der Waals surface area contributed by atoms with E-state index in [0.717, 1.165) is 38.8 Å². The Kier molecular flexibility index (Phi) is 5.72. The molecule has 0 spiro atoms. The van der Waals surface area contributed by atoms with Crippen LogP contribution >= 0.6 is 0 Å². The molecular weight excluding hydrogens is 430 g/mol. The van der Waals surface area contributed by atoms with Gasteiger partial charge in [-0.25, -0.2) is 0 Å². The van der Waals surface area contributed by atoms with Crippen molar-refractivity contribution >= 4 is 28.1 Å². The molecule has 1 aromatic heterocycles. The van der Waals surface area contributed by atoms with Crippen LogP contribution in [0.4, 0.5) is 5.69 Å². The molecule has 0 saturated heterocycles. The largest absolute Gasteiger partial charge is 0.493 e. The standard InChI is InChI=1S/C28H25NO5/c1-4-31-27-18(3)28-22(23(15-32-28)19-8-6-5-7-9-19)14-21(27)17(2)12-26(30)29-20-10-11-24-25(13-20)34-16-33-24/h5-15H,4,16H2,1-3H3,(H,29,30)/b17-12+. The molecule has 0 fully saturated rings. The fourth-order valence-electron chi connectivity index (χ4n) is 4.21. The summed E-state index contributed by atoms with van der Waals surface area (Å²) in [7, 11) is 0. The highest BCUT2D eigenvalue weighted by Crippen LogP contribution is 2.41. The number of nitrogens with one attached hydrogen (secondary N) is 1. The van der Waals surface area contributed by atoms with Crippen LogP contribution in [0.5, 0.6) is 17.2 Å². The summed E-state index contributed by atoms with van der Waals surface area (Å²) in [4.78, 5) is 12.8. The zero-order valence-electron chi connectivity index (χ0n) is 19.3. The highest BCUT2D eigenvalue weighted by Gasteiger charge is 2.19. The van der Waals surface area contributed by atoms with Crippen molar-refractivity contribution in [2.45, 2.75) is 20.8 Å². The fraction of sp³-hybridized carbons (Fsp3) is 0.179. The number of amides is 1. The Bertz CT molecular complexity index is 1400. The first kappa shape index (κ1) is 21.6. The van der Waals surface area contributed by atoms with Crippen molar-refractivity contribution in [3.8, 4) is 28.4 Å². The molecule has 1 N–H and O–H groups in total. The number of hydrogen-bond donors (Lipinski definition) is 1. The van der Waals surface area contributed by atoms with Crippen LogP contribution in [0.15, 0.2) is 71.4 Å². The van der Waals surface area contributed by atoms with Gasteiger partial charge in [-0.1, -0.05) is 30.3 Å². The molecule has 1 amide bonds. The third kappa shape index (κ3) is 3.99. The maximum absolute atomic E-state index is 12.8. The Morgan fingerprint density at radius 3 is 2.68 bits per heavy atom. The van der Waals surface area contributed by atoms with Gasteiger partial charge in [0.05, 0.1) is 12.9 Å². The number of furan rings is 1. The molecule has 2 heterocycles. The van der Waals surface area contributed by atoms with Crippen molar-refractivity contribution in [2.75, 3.05) is 18.7 Å². The first-order valence-corrected chi connectivity index (χ1v) is 11.2. The average molecular weight is 456 g/mol. The Hall–Kier alpha value is -4.19. The topological polar surface area (TPSA) is 69.9 Å². The van der Waals surface area contributed by atoms with Gasteiger partial charge in [-0.05, 0) is 50.1 Å². The molecule has 6 heteroatoms. The van der Waals surface area contributed by atoms with E-state index in [0.29, 0.717) is 29.5 Å². The summed E-state index contributed by atoms with van der Waals surface area (Å²) >= 11 is 0. The molecular formula is C28H25NO5. The molecule has 0 bridgehead atoms. The van der Waals surface area contributed by atoms with E-state index in [1.54, 1.807) is 30.5 Å². The van der Waals surface area contributed by atoms with Gasteiger partial charge in [0.15, 0.2) is 11.5 Å². The monoisotopic (exact) mass is 455 g/mol. The van der Waals surface area contributed by atoms with Gasteiger partial charge in [0.2, 0.25) is 12.7 Å². The highest BCUT2D eigenvalue weighted by atomic mass is 16.7. The molecule has 3 aromatic carbocycles. The van der Waals surface area contributed by atoms with Gasteiger partial charge in [-0.3, -0.25) is 4.79 Å². The second-order valence-electron chi connectivity index (χ2n) is 8.09. The lowest BCUT2D eigenvalue weighted by Crippen LogP contribution is -2.09. The lowest BCUT2D eigenvalue weighted by molar-refractivity contribution is -0.111. The van der Waals surface area contributed by atoms with Crippen LogP contribution in [-0.2, 0) is 4.79 Å². The highest BCUT2D eigenvalue weighted by molar-refractivity contribution is 6.06. The normalized spacial score (nSPS) is 12.7. The second-order valence-corrected chi connectivity index (χ2v) is 8.09. The molecule has 0 unspecified atom stereocenters. The second kappa shape index (κ2) is 8.98. The Balaban J connectivity index is 1.52. The van der Waals surface area contributed by atoms with Gasteiger partial charge in [-0.15, -0.1) is 0 Å². The van der Waals surface area contributed by atoms with Crippen LogP contribution in [0.2, 0.25) is 0 Å². The molecule has 5 rings (SSSR count). The summed E-state index contributed by atoms with van der Waals surface area (Å²) in [6.45, 7) is 6.52. The zero-order chi connectivity index (χ0) is 23.7. The number of aryl methyl sites for hydroxylation is 1. The van der Waals surface area contributed by atoms with E-state index in [9.17, 15) is 4.79 Å². The zero-order valence-corrected chi connectivity index (χ0v) is 19.3. The van der Waals surface area contributed by atoms with E-state index in [1.807, 2.05) is 45.0 Å². The van der Waals surface area contributed by atoms with Crippen molar-refractivity contribution in [3.05, 3.63) is 78.1 Å². The van der Waals surface area contributed by atoms with Crippen LogP contribution in [0.3, 0.4) is 0 Å². The average Bonchev–Trinajstić information content (AvgIpc) is 3.48. The van der Waals surface area contributed by atoms with Gasteiger partial charge < -0.3 is 23.9 Å². The predicted octanol–water partition coefficient (Wildman–Crippen LogP) is 6.58. The van der Waals surface area contributed by atoms with Gasteiger partial charge in [0, 0.05) is 39.9 Å². The molecule has 0 aliphatic carbocycles. The van der Waals surface area contributed by atoms with Gasteiger partial charge in [-0.2, -0.15) is 0 Å². The van der Waals surface area contributed by atoms with Crippen LogP contribution in [0, 0.1) is 6.92 Å². The molecule has 34 heavy (non-hydrogen) atoms. The number of rotatable bonds is 6. The predicted molar refractivity (Wildman–Crippen MR) is 132 cm³/mol. The Morgan fingerprint density at radius 1 is 1.09 bits per heavy atom. The quantitative estimate of drug-likeness (QED) is 0.333. The first-order valence-electron chi connectivity index (χ1n) is 11.2. The Morgan fingerprint density at radius 2 is 1.88 bits per heavy atom. The number of benzene rings is 3. The van der Waals surface area contributed by atoms with Crippen molar-refractivity contribution in [1.82, 2.24) is 0 Å². The SMILES string of the molecule is CCOc1c(/C(C)=C/C(=O)Nc2ccc3c(c2)OCO3)cc2c(-c3ccccc3)coc2c1C. The minimum atomic E-state index is -0.243.